The number of hydrogen-bond acceptors (Lipinski definition) is 3. The number of anilines is 1. The Morgan fingerprint density at radius 1 is 1.17 bits per heavy atom. The third-order valence-corrected chi connectivity index (χ3v) is 4.11. The van der Waals surface area contributed by atoms with Crippen molar-refractivity contribution in [1.82, 2.24) is 0 Å². The van der Waals surface area contributed by atoms with E-state index in [-0.39, 0.29) is 0 Å². The van der Waals surface area contributed by atoms with Crippen LogP contribution >= 0.6 is 15.9 Å². The van der Waals surface area contributed by atoms with Crippen molar-refractivity contribution in [2.45, 2.75) is 33.8 Å². The average Bonchev–Trinajstić information content (AvgIpc) is 2.55. The van der Waals surface area contributed by atoms with Gasteiger partial charge in [0.05, 0.1) is 12.3 Å². The summed E-state index contributed by atoms with van der Waals surface area (Å²) in [7, 11) is 0. The van der Waals surface area contributed by atoms with E-state index < -0.39 is 6.09 Å². The fourth-order valence-electron chi connectivity index (χ4n) is 2.32. The van der Waals surface area contributed by atoms with Gasteiger partial charge in [0.2, 0.25) is 0 Å². The minimum atomic E-state index is -0.472. The van der Waals surface area contributed by atoms with Crippen LogP contribution in [0.25, 0.3) is 0 Å². The second kappa shape index (κ2) is 8.73. The van der Waals surface area contributed by atoms with Crippen molar-refractivity contribution in [3.63, 3.8) is 0 Å². The van der Waals surface area contributed by atoms with Crippen LogP contribution in [0.2, 0.25) is 0 Å². The van der Waals surface area contributed by atoms with Crippen LogP contribution in [0, 0.1) is 6.92 Å². The molecular weight excluding hydrogens is 370 g/mol. The average molecular weight is 392 g/mol. The number of carbonyl (C=O) groups is 1. The molecule has 0 atom stereocenters. The van der Waals surface area contributed by atoms with Crippen LogP contribution in [0.5, 0.6) is 5.75 Å². The van der Waals surface area contributed by atoms with E-state index in [0.29, 0.717) is 18.9 Å². The van der Waals surface area contributed by atoms with E-state index in [0.717, 1.165) is 27.8 Å². The number of halogens is 1. The normalized spacial score (nSPS) is 10.3. The lowest BCUT2D eigenvalue weighted by molar-refractivity contribution is 0.168. The molecule has 1 N–H and O–H groups in total. The smallest absolute Gasteiger partial charge is 0.411 e. The molecule has 2 aromatic carbocycles. The lowest BCUT2D eigenvalue weighted by atomic mass is 10.1. The number of aryl methyl sites for hydroxylation is 2. The van der Waals surface area contributed by atoms with Gasteiger partial charge < -0.3 is 9.47 Å². The number of benzene rings is 2. The molecule has 0 saturated heterocycles. The van der Waals surface area contributed by atoms with Gasteiger partial charge in [0, 0.05) is 10.0 Å². The Hall–Kier alpha value is -2.01. The fourth-order valence-corrected chi connectivity index (χ4v) is 2.68. The van der Waals surface area contributed by atoms with Gasteiger partial charge in [0.1, 0.15) is 12.4 Å². The van der Waals surface area contributed by atoms with Gasteiger partial charge in [-0.2, -0.15) is 0 Å². The van der Waals surface area contributed by atoms with Gasteiger partial charge in [-0.15, -0.1) is 0 Å². The third kappa shape index (κ3) is 4.99. The molecule has 0 heterocycles. The highest BCUT2D eigenvalue weighted by molar-refractivity contribution is 9.10. The number of nitrogens with one attached hydrogen (secondary N) is 1. The highest BCUT2D eigenvalue weighted by Crippen LogP contribution is 2.25. The lowest BCUT2D eigenvalue weighted by Gasteiger charge is -2.14. The van der Waals surface area contributed by atoms with Gasteiger partial charge in [-0.05, 0) is 49.6 Å². The summed E-state index contributed by atoms with van der Waals surface area (Å²) in [5, 5.41) is 2.75. The van der Waals surface area contributed by atoms with Crippen LogP contribution in [0.1, 0.15) is 30.5 Å². The Kier molecular flexibility index (Phi) is 6.67. The standard InChI is InChI=1S/C19H22BrNO3/c1-4-14-6-9-18(13(3)10-14)24-12-15-7-8-16(20)11-17(15)21-19(22)23-5-2/h6-11H,4-5,12H2,1-3H3,(H,21,22). The minimum absolute atomic E-state index is 0.328. The van der Waals surface area contributed by atoms with E-state index in [2.05, 4.69) is 40.3 Å². The number of hydrogen-bond donors (Lipinski definition) is 1. The number of carbonyl (C=O) groups excluding carboxylic acids is 1. The molecule has 2 aromatic rings. The van der Waals surface area contributed by atoms with Gasteiger partial charge in [0.25, 0.3) is 0 Å². The quantitative estimate of drug-likeness (QED) is 0.710. The molecule has 2 rings (SSSR count). The van der Waals surface area contributed by atoms with Crippen LogP contribution in [-0.4, -0.2) is 12.7 Å². The summed E-state index contributed by atoms with van der Waals surface area (Å²) in [5.41, 5.74) is 3.94. The summed E-state index contributed by atoms with van der Waals surface area (Å²) in [5.74, 6) is 0.845. The molecule has 1 amide bonds. The highest BCUT2D eigenvalue weighted by Gasteiger charge is 2.10. The highest BCUT2D eigenvalue weighted by atomic mass is 79.9. The van der Waals surface area contributed by atoms with E-state index in [1.54, 1.807) is 6.92 Å². The first kappa shape index (κ1) is 18.3. The number of amides is 1. The molecule has 0 aliphatic carbocycles. The van der Waals surface area contributed by atoms with Gasteiger partial charge in [-0.1, -0.05) is 41.1 Å². The monoisotopic (exact) mass is 391 g/mol. The van der Waals surface area contributed by atoms with E-state index in [4.69, 9.17) is 9.47 Å². The second-order valence-electron chi connectivity index (χ2n) is 5.39. The first-order chi connectivity index (χ1) is 11.5. The zero-order valence-corrected chi connectivity index (χ0v) is 15.8. The molecule has 24 heavy (non-hydrogen) atoms. The predicted octanol–water partition coefficient (Wildman–Crippen LogP) is 5.47. The first-order valence-electron chi connectivity index (χ1n) is 7.98. The van der Waals surface area contributed by atoms with Crippen LogP contribution in [0.4, 0.5) is 10.5 Å². The SMILES string of the molecule is CCOC(=O)Nc1cc(Br)ccc1COc1ccc(CC)cc1C. The van der Waals surface area contributed by atoms with Crippen molar-refractivity contribution >= 4 is 27.7 Å². The molecule has 4 nitrogen and oxygen atoms in total. The summed E-state index contributed by atoms with van der Waals surface area (Å²) in [4.78, 5) is 11.7. The van der Waals surface area contributed by atoms with Crippen LogP contribution in [-0.2, 0) is 17.8 Å². The van der Waals surface area contributed by atoms with Crippen molar-refractivity contribution in [1.29, 1.82) is 0 Å². The van der Waals surface area contributed by atoms with Crippen molar-refractivity contribution in [3.8, 4) is 5.75 Å². The molecule has 0 spiro atoms. The van der Waals surface area contributed by atoms with Crippen molar-refractivity contribution in [2.24, 2.45) is 0 Å². The van der Waals surface area contributed by atoms with Crippen molar-refractivity contribution < 1.29 is 14.3 Å². The van der Waals surface area contributed by atoms with Gasteiger partial charge >= 0.3 is 6.09 Å². The molecule has 0 bridgehead atoms. The van der Waals surface area contributed by atoms with E-state index in [1.165, 1.54) is 5.56 Å². The van der Waals surface area contributed by atoms with Crippen LogP contribution < -0.4 is 10.1 Å². The van der Waals surface area contributed by atoms with Gasteiger partial charge in [-0.3, -0.25) is 5.32 Å². The molecule has 5 heteroatoms. The van der Waals surface area contributed by atoms with Crippen LogP contribution in [0.3, 0.4) is 0 Å². The summed E-state index contributed by atoms with van der Waals surface area (Å²) < 4.78 is 11.8. The predicted molar refractivity (Wildman–Crippen MR) is 99.7 cm³/mol. The molecule has 0 aliphatic rings. The maximum absolute atomic E-state index is 11.7. The molecule has 0 saturated carbocycles. The molecule has 0 unspecified atom stereocenters. The van der Waals surface area contributed by atoms with E-state index in [9.17, 15) is 4.79 Å². The summed E-state index contributed by atoms with van der Waals surface area (Å²) in [6.45, 7) is 6.63. The fraction of sp³-hybridized carbons (Fsp3) is 0.316. The topological polar surface area (TPSA) is 47.6 Å². The molecule has 0 aliphatic heterocycles. The van der Waals surface area contributed by atoms with Crippen molar-refractivity contribution in [2.75, 3.05) is 11.9 Å². The Morgan fingerprint density at radius 2 is 1.96 bits per heavy atom. The van der Waals surface area contributed by atoms with Gasteiger partial charge in [-0.25, -0.2) is 4.79 Å². The Bertz CT molecular complexity index is 716. The zero-order valence-electron chi connectivity index (χ0n) is 14.2. The zero-order chi connectivity index (χ0) is 17.5. The van der Waals surface area contributed by atoms with E-state index >= 15 is 0 Å². The maximum Gasteiger partial charge on any atom is 0.411 e. The summed E-state index contributed by atoms with van der Waals surface area (Å²) in [6, 6.07) is 11.9. The second-order valence-corrected chi connectivity index (χ2v) is 6.30. The summed E-state index contributed by atoms with van der Waals surface area (Å²) >= 11 is 3.42. The molecular formula is C19H22BrNO3. The lowest BCUT2D eigenvalue weighted by Crippen LogP contribution is -2.15. The summed E-state index contributed by atoms with van der Waals surface area (Å²) in [6.07, 6.45) is 0.530. The largest absolute Gasteiger partial charge is 0.489 e. The molecule has 128 valence electrons. The number of rotatable bonds is 6. The third-order valence-electron chi connectivity index (χ3n) is 3.61. The Morgan fingerprint density at radius 3 is 2.62 bits per heavy atom. The molecule has 0 aromatic heterocycles. The molecule has 0 fully saturated rings. The molecule has 0 radical (unpaired) electrons. The van der Waals surface area contributed by atoms with E-state index in [1.807, 2.05) is 31.2 Å². The Balaban J connectivity index is 2.13. The van der Waals surface area contributed by atoms with Gasteiger partial charge in [0.15, 0.2) is 0 Å². The van der Waals surface area contributed by atoms with Crippen LogP contribution in [0.15, 0.2) is 40.9 Å². The first-order valence-corrected chi connectivity index (χ1v) is 8.77. The number of ether oxygens (including phenoxy) is 2. The minimum Gasteiger partial charge on any atom is -0.489 e. The van der Waals surface area contributed by atoms with Crippen molar-refractivity contribution in [3.05, 3.63) is 57.6 Å². The maximum atomic E-state index is 11.7. The Labute approximate surface area is 151 Å².